The molecule has 2 atom stereocenters. The van der Waals surface area contributed by atoms with Crippen molar-refractivity contribution in [3.8, 4) is 0 Å². The van der Waals surface area contributed by atoms with Gasteiger partial charge in [-0.05, 0) is 24.8 Å². The lowest BCUT2D eigenvalue weighted by molar-refractivity contribution is 0.192. The van der Waals surface area contributed by atoms with Gasteiger partial charge in [0.05, 0.1) is 6.10 Å². The van der Waals surface area contributed by atoms with Crippen molar-refractivity contribution in [2.75, 3.05) is 12.0 Å². The van der Waals surface area contributed by atoms with E-state index in [2.05, 4.69) is 25.3 Å². The summed E-state index contributed by atoms with van der Waals surface area (Å²) < 4.78 is 0. The van der Waals surface area contributed by atoms with Crippen LogP contribution in [0.4, 0.5) is 0 Å². The van der Waals surface area contributed by atoms with Gasteiger partial charge < -0.3 is 5.11 Å². The summed E-state index contributed by atoms with van der Waals surface area (Å²) in [6, 6.07) is 10.3. The molecule has 16 heavy (non-hydrogen) atoms. The predicted molar refractivity (Wildman–Crippen MR) is 75.4 cm³/mol. The fraction of sp³-hybridized carbons (Fsp3) is 0.538. The Morgan fingerprint density at radius 2 is 1.94 bits per heavy atom. The zero-order valence-electron chi connectivity index (χ0n) is 9.93. The summed E-state index contributed by atoms with van der Waals surface area (Å²) >= 11 is 3.51. The minimum Gasteiger partial charge on any atom is -0.391 e. The number of hydrogen-bond donors (Lipinski definition) is 1. The van der Waals surface area contributed by atoms with Crippen LogP contribution in [0, 0.1) is 0 Å². The van der Waals surface area contributed by atoms with Crippen LogP contribution in [0.25, 0.3) is 0 Å². The fourth-order valence-electron chi connectivity index (χ4n) is 1.56. The summed E-state index contributed by atoms with van der Waals surface area (Å²) in [4.78, 5) is 1.23. The van der Waals surface area contributed by atoms with E-state index >= 15 is 0 Å². The highest BCUT2D eigenvalue weighted by Crippen LogP contribution is 2.24. The standard InChI is InChI=1S/C13H20OS2/c1-3-7-13(15-2)12(14)10-16-11-8-5-4-6-9-11/h4-6,8-9,12-14H,3,7,10H2,1-2H3/t12-,13+/m0/s1. The maximum atomic E-state index is 10.1. The first-order valence-electron chi connectivity index (χ1n) is 5.66. The summed E-state index contributed by atoms with van der Waals surface area (Å²) in [7, 11) is 0. The van der Waals surface area contributed by atoms with Crippen LogP contribution in [0.5, 0.6) is 0 Å². The van der Waals surface area contributed by atoms with Gasteiger partial charge >= 0.3 is 0 Å². The van der Waals surface area contributed by atoms with Crippen molar-refractivity contribution >= 4 is 23.5 Å². The van der Waals surface area contributed by atoms with E-state index in [1.165, 1.54) is 4.90 Å². The first kappa shape index (κ1) is 13.9. The summed E-state index contributed by atoms with van der Waals surface area (Å²) in [5, 5.41) is 10.4. The third-order valence-corrected chi connectivity index (χ3v) is 4.74. The number of aliphatic hydroxyl groups excluding tert-OH is 1. The van der Waals surface area contributed by atoms with Gasteiger partial charge in [0.15, 0.2) is 0 Å². The number of benzene rings is 1. The molecule has 1 N–H and O–H groups in total. The molecule has 1 nitrogen and oxygen atoms in total. The lowest BCUT2D eigenvalue weighted by Crippen LogP contribution is -2.25. The van der Waals surface area contributed by atoms with Crippen LogP contribution in [0.2, 0.25) is 0 Å². The maximum absolute atomic E-state index is 10.1. The molecule has 0 bridgehead atoms. The predicted octanol–water partition coefficient (Wildman–Crippen LogP) is 3.67. The molecule has 1 aromatic carbocycles. The quantitative estimate of drug-likeness (QED) is 0.752. The van der Waals surface area contributed by atoms with Crippen LogP contribution in [0.3, 0.4) is 0 Å². The summed E-state index contributed by atoms with van der Waals surface area (Å²) in [6.45, 7) is 2.17. The van der Waals surface area contributed by atoms with Gasteiger partial charge in [0.1, 0.15) is 0 Å². The minimum absolute atomic E-state index is 0.208. The van der Waals surface area contributed by atoms with Crippen LogP contribution in [-0.4, -0.2) is 28.5 Å². The summed E-state index contributed by atoms with van der Waals surface area (Å²) in [5.74, 6) is 0.787. The van der Waals surface area contributed by atoms with E-state index < -0.39 is 0 Å². The zero-order chi connectivity index (χ0) is 11.8. The van der Waals surface area contributed by atoms with Crippen molar-refractivity contribution in [1.82, 2.24) is 0 Å². The van der Waals surface area contributed by atoms with Crippen LogP contribution in [-0.2, 0) is 0 Å². The second-order valence-corrected chi connectivity index (χ2v) is 5.92. The Kier molecular flexibility index (Phi) is 7.01. The Labute approximate surface area is 107 Å². The van der Waals surface area contributed by atoms with E-state index in [0.29, 0.717) is 5.25 Å². The monoisotopic (exact) mass is 256 g/mol. The van der Waals surface area contributed by atoms with Gasteiger partial charge in [0.25, 0.3) is 0 Å². The van der Waals surface area contributed by atoms with Crippen molar-refractivity contribution in [2.45, 2.75) is 36.0 Å². The fourth-order valence-corrected chi connectivity index (χ4v) is 3.51. The first-order chi connectivity index (χ1) is 7.77. The Morgan fingerprint density at radius 1 is 1.25 bits per heavy atom. The smallest absolute Gasteiger partial charge is 0.0752 e. The lowest BCUT2D eigenvalue weighted by Gasteiger charge is -2.20. The van der Waals surface area contributed by atoms with Crippen LogP contribution in [0.15, 0.2) is 35.2 Å². The van der Waals surface area contributed by atoms with Gasteiger partial charge in [-0.15, -0.1) is 11.8 Å². The van der Waals surface area contributed by atoms with E-state index in [1.807, 2.05) is 18.2 Å². The normalized spacial score (nSPS) is 14.7. The summed E-state index contributed by atoms with van der Waals surface area (Å²) in [5.41, 5.74) is 0. The molecule has 1 rings (SSSR count). The second kappa shape index (κ2) is 8.04. The van der Waals surface area contributed by atoms with Gasteiger partial charge in [-0.25, -0.2) is 0 Å². The number of hydrogen-bond acceptors (Lipinski definition) is 3. The van der Waals surface area contributed by atoms with Crippen LogP contribution >= 0.6 is 23.5 Å². The lowest BCUT2D eigenvalue weighted by atomic mass is 10.2. The Hall–Kier alpha value is -0.120. The van der Waals surface area contributed by atoms with E-state index in [0.717, 1.165) is 18.6 Å². The van der Waals surface area contributed by atoms with E-state index in [4.69, 9.17) is 0 Å². The Morgan fingerprint density at radius 3 is 2.50 bits per heavy atom. The summed E-state index contributed by atoms with van der Waals surface area (Å²) in [6.07, 6.45) is 4.10. The molecule has 0 aromatic heterocycles. The molecule has 0 heterocycles. The van der Waals surface area contributed by atoms with Crippen LogP contribution in [0.1, 0.15) is 19.8 Å². The molecule has 0 radical (unpaired) electrons. The van der Waals surface area contributed by atoms with Gasteiger partial charge in [-0.2, -0.15) is 11.8 Å². The van der Waals surface area contributed by atoms with E-state index in [9.17, 15) is 5.11 Å². The zero-order valence-corrected chi connectivity index (χ0v) is 11.6. The van der Waals surface area contributed by atoms with Crippen molar-refractivity contribution in [2.24, 2.45) is 0 Å². The molecule has 0 fully saturated rings. The molecule has 0 aliphatic carbocycles. The van der Waals surface area contributed by atoms with Gasteiger partial charge in [0.2, 0.25) is 0 Å². The number of rotatable bonds is 7. The molecule has 1 aromatic rings. The van der Waals surface area contributed by atoms with Crippen molar-refractivity contribution < 1.29 is 5.11 Å². The minimum atomic E-state index is -0.208. The molecule has 0 aliphatic heterocycles. The maximum Gasteiger partial charge on any atom is 0.0752 e. The van der Waals surface area contributed by atoms with Gasteiger partial charge in [0, 0.05) is 15.9 Å². The molecule has 3 heteroatoms. The highest BCUT2D eigenvalue weighted by Gasteiger charge is 2.17. The van der Waals surface area contributed by atoms with E-state index in [1.54, 1.807) is 23.5 Å². The largest absolute Gasteiger partial charge is 0.391 e. The first-order valence-corrected chi connectivity index (χ1v) is 7.94. The Balaban J connectivity index is 2.36. The molecular formula is C13H20OS2. The Bertz CT molecular complexity index is 277. The van der Waals surface area contributed by atoms with Gasteiger partial charge in [-0.1, -0.05) is 31.5 Å². The van der Waals surface area contributed by atoms with Crippen molar-refractivity contribution in [3.63, 3.8) is 0 Å². The van der Waals surface area contributed by atoms with Gasteiger partial charge in [-0.3, -0.25) is 0 Å². The second-order valence-electron chi connectivity index (χ2n) is 3.75. The average molecular weight is 256 g/mol. The average Bonchev–Trinajstić information content (AvgIpc) is 2.34. The number of thioether (sulfide) groups is 2. The molecule has 0 amide bonds. The number of aliphatic hydroxyl groups is 1. The highest BCUT2D eigenvalue weighted by atomic mass is 32.2. The molecule has 0 unspecified atom stereocenters. The van der Waals surface area contributed by atoms with Crippen LogP contribution < -0.4 is 0 Å². The molecule has 0 saturated heterocycles. The topological polar surface area (TPSA) is 20.2 Å². The SMILES string of the molecule is CCC[C@@H](SC)[C@@H](O)CSc1ccccc1. The molecule has 90 valence electrons. The third-order valence-electron chi connectivity index (χ3n) is 2.47. The molecule has 0 saturated carbocycles. The highest BCUT2D eigenvalue weighted by molar-refractivity contribution is 8.00. The molecular weight excluding hydrogens is 236 g/mol. The van der Waals surface area contributed by atoms with Crippen molar-refractivity contribution in [1.29, 1.82) is 0 Å². The van der Waals surface area contributed by atoms with Crippen molar-refractivity contribution in [3.05, 3.63) is 30.3 Å². The molecule has 0 spiro atoms. The third kappa shape index (κ3) is 4.81. The van der Waals surface area contributed by atoms with E-state index in [-0.39, 0.29) is 6.10 Å². The molecule has 0 aliphatic rings.